The molecule has 0 heterocycles. The molecule has 0 bridgehead atoms. The van der Waals surface area contributed by atoms with Crippen molar-refractivity contribution in [1.29, 1.82) is 0 Å². The number of rotatable bonds is 5. The number of Topliss-reactive ketones (excluding diaryl/α,β-unsaturated/α-hetero) is 1. The molecular weight excluding hydrogens is 148 g/mol. The quantitative estimate of drug-likeness (QED) is 0.453. The van der Waals surface area contributed by atoms with Crippen molar-refractivity contribution in [3.8, 4) is 12.3 Å². The van der Waals surface area contributed by atoms with Gasteiger partial charge in [0.25, 0.3) is 0 Å². The molecule has 0 N–H and O–H groups in total. The summed E-state index contributed by atoms with van der Waals surface area (Å²) in [5, 5.41) is 0. The lowest BCUT2D eigenvalue weighted by Gasteiger charge is -2.20. The SMILES string of the molecule is C#CCCCC(=O)C(C)(C)CC. The molecule has 0 amide bonds. The summed E-state index contributed by atoms with van der Waals surface area (Å²) in [5.41, 5.74) is -0.158. The van der Waals surface area contributed by atoms with Crippen LogP contribution in [0.2, 0.25) is 0 Å². The molecule has 0 aromatic carbocycles. The molecular formula is C11H18O. The predicted octanol–water partition coefficient (Wildman–Crippen LogP) is 2.80. The Hall–Kier alpha value is -0.770. The molecule has 0 aliphatic carbocycles. The second-order valence-corrected chi connectivity index (χ2v) is 3.72. The maximum atomic E-state index is 11.5. The van der Waals surface area contributed by atoms with Gasteiger partial charge in [-0.05, 0) is 12.8 Å². The van der Waals surface area contributed by atoms with Gasteiger partial charge in [0, 0.05) is 18.3 Å². The van der Waals surface area contributed by atoms with Gasteiger partial charge >= 0.3 is 0 Å². The van der Waals surface area contributed by atoms with E-state index in [9.17, 15) is 4.79 Å². The largest absolute Gasteiger partial charge is 0.299 e. The van der Waals surface area contributed by atoms with Gasteiger partial charge in [-0.25, -0.2) is 0 Å². The number of hydrogen-bond donors (Lipinski definition) is 0. The van der Waals surface area contributed by atoms with Crippen LogP contribution in [0.3, 0.4) is 0 Å². The normalized spacial score (nSPS) is 10.8. The lowest BCUT2D eigenvalue weighted by atomic mass is 9.83. The highest BCUT2D eigenvalue weighted by molar-refractivity contribution is 5.83. The van der Waals surface area contributed by atoms with Gasteiger partial charge in [0.15, 0.2) is 0 Å². The van der Waals surface area contributed by atoms with Crippen molar-refractivity contribution in [2.24, 2.45) is 5.41 Å². The Balaban J connectivity index is 3.81. The molecule has 0 saturated carbocycles. The van der Waals surface area contributed by atoms with Crippen molar-refractivity contribution in [3.63, 3.8) is 0 Å². The predicted molar refractivity (Wildman–Crippen MR) is 51.8 cm³/mol. The zero-order valence-corrected chi connectivity index (χ0v) is 8.31. The van der Waals surface area contributed by atoms with Crippen LogP contribution >= 0.6 is 0 Å². The topological polar surface area (TPSA) is 17.1 Å². The van der Waals surface area contributed by atoms with Crippen LogP contribution in [-0.4, -0.2) is 5.78 Å². The van der Waals surface area contributed by atoms with Crippen molar-refractivity contribution in [2.45, 2.75) is 46.5 Å². The zero-order valence-electron chi connectivity index (χ0n) is 8.31. The van der Waals surface area contributed by atoms with Gasteiger partial charge in [-0.3, -0.25) is 4.79 Å². The molecule has 0 aromatic rings. The second kappa shape index (κ2) is 4.98. The summed E-state index contributed by atoms with van der Waals surface area (Å²) in [5.74, 6) is 2.87. The van der Waals surface area contributed by atoms with Gasteiger partial charge in [0.1, 0.15) is 5.78 Å². The van der Waals surface area contributed by atoms with E-state index >= 15 is 0 Å². The fourth-order valence-electron chi connectivity index (χ4n) is 0.887. The average molecular weight is 166 g/mol. The van der Waals surface area contributed by atoms with Gasteiger partial charge < -0.3 is 0 Å². The molecule has 0 aromatic heterocycles. The molecule has 68 valence electrons. The van der Waals surface area contributed by atoms with E-state index in [4.69, 9.17) is 6.42 Å². The van der Waals surface area contributed by atoms with Crippen LogP contribution in [0.15, 0.2) is 0 Å². The van der Waals surface area contributed by atoms with E-state index in [0.29, 0.717) is 18.6 Å². The van der Waals surface area contributed by atoms with E-state index in [1.54, 1.807) is 0 Å². The Labute approximate surface area is 75.5 Å². The summed E-state index contributed by atoms with van der Waals surface area (Å²) < 4.78 is 0. The van der Waals surface area contributed by atoms with E-state index in [1.807, 2.05) is 20.8 Å². The van der Waals surface area contributed by atoms with Crippen molar-refractivity contribution >= 4 is 5.78 Å². The maximum Gasteiger partial charge on any atom is 0.138 e. The Kier molecular flexibility index (Phi) is 4.66. The van der Waals surface area contributed by atoms with Crippen LogP contribution in [0, 0.1) is 17.8 Å². The summed E-state index contributed by atoms with van der Waals surface area (Å²) in [6, 6.07) is 0. The van der Waals surface area contributed by atoms with Gasteiger partial charge in [0.2, 0.25) is 0 Å². The summed E-state index contributed by atoms with van der Waals surface area (Å²) in [6.07, 6.45) is 8.18. The molecule has 0 aliphatic rings. The fraction of sp³-hybridized carbons (Fsp3) is 0.727. The maximum absolute atomic E-state index is 11.5. The van der Waals surface area contributed by atoms with Gasteiger partial charge in [0.05, 0.1) is 0 Å². The molecule has 0 spiro atoms. The minimum absolute atomic E-state index is 0.158. The number of ketones is 1. The Bertz CT molecular complexity index is 184. The first-order valence-electron chi connectivity index (χ1n) is 4.51. The minimum atomic E-state index is -0.158. The molecule has 1 nitrogen and oxygen atoms in total. The van der Waals surface area contributed by atoms with Crippen LogP contribution in [0.5, 0.6) is 0 Å². The number of terminal acetylenes is 1. The number of unbranched alkanes of at least 4 members (excludes halogenated alkanes) is 1. The first-order valence-corrected chi connectivity index (χ1v) is 4.51. The Morgan fingerprint density at radius 3 is 2.50 bits per heavy atom. The summed E-state index contributed by atoms with van der Waals surface area (Å²) in [6.45, 7) is 6.02. The van der Waals surface area contributed by atoms with E-state index in [0.717, 1.165) is 12.8 Å². The Morgan fingerprint density at radius 1 is 1.50 bits per heavy atom. The first-order chi connectivity index (χ1) is 5.54. The van der Waals surface area contributed by atoms with Gasteiger partial charge in [-0.2, -0.15) is 0 Å². The van der Waals surface area contributed by atoms with Gasteiger partial charge in [-0.15, -0.1) is 12.3 Å². The van der Waals surface area contributed by atoms with Crippen molar-refractivity contribution in [2.75, 3.05) is 0 Å². The van der Waals surface area contributed by atoms with Crippen molar-refractivity contribution in [1.82, 2.24) is 0 Å². The third kappa shape index (κ3) is 3.57. The molecule has 0 saturated heterocycles. The van der Waals surface area contributed by atoms with E-state index in [2.05, 4.69) is 5.92 Å². The third-order valence-corrected chi connectivity index (χ3v) is 2.36. The van der Waals surface area contributed by atoms with Crippen molar-refractivity contribution in [3.05, 3.63) is 0 Å². The highest BCUT2D eigenvalue weighted by atomic mass is 16.1. The molecule has 0 unspecified atom stereocenters. The minimum Gasteiger partial charge on any atom is -0.299 e. The molecule has 1 heteroatoms. The highest BCUT2D eigenvalue weighted by Crippen LogP contribution is 2.23. The summed E-state index contributed by atoms with van der Waals surface area (Å²) in [4.78, 5) is 11.5. The van der Waals surface area contributed by atoms with Crippen LogP contribution in [0.25, 0.3) is 0 Å². The zero-order chi connectivity index (χ0) is 9.61. The number of carbonyl (C=O) groups is 1. The number of carbonyl (C=O) groups excluding carboxylic acids is 1. The molecule has 0 rings (SSSR count). The molecule has 0 aliphatic heterocycles. The van der Waals surface area contributed by atoms with E-state index < -0.39 is 0 Å². The second-order valence-electron chi connectivity index (χ2n) is 3.72. The lowest BCUT2D eigenvalue weighted by molar-refractivity contribution is -0.127. The van der Waals surface area contributed by atoms with E-state index in [-0.39, 0.29) is 5.41 Å². The fourth-order valence-corrected chi connectivity index (χ4v) is 0.887. The third-order valence-electron chi connectivity index (χ3n) is 2.36. The molecule has 12 heavy (non-hydrogen) atoms. The lowest BCUT2D eigenvalue weighted by Crippen LogP contribution is -2.22. The Morgan fingerprint density at radius 2 is 2.08 bits per heavy atom. The van der Waals surface area contributed by atoms with Crippen LogP contribution in [-0.2, 0) is 4.79 Å². The summed E-state index contributed by atoms with van der Waals surface area (Å²) >= 11 is 0. The standard InChI is InChI=1S/C11H18O/c1-5-7-8-9-10(12)11(3,4)6-2/h1H,6-9H2,2-4H3. The van der Waals surface area contributed by atoms with Crippen LogP contribution in [0.4, 0.5) is 0 Å². The monoisotopic (exact) mass is 166 g/mol. The van der Waals surface area contributed by atoms with E-state index in [1.165, 1.54) is 0 Å². The summed E-state index contributed by atoms with van der Waals surface area (Å²) in [7, 11) is 0. The van der Waals surface area contributed by atoms with Crippen LogP contribution < -0.4 is 0 Å². The first kappa shape index (κ1) is 11.2. The highest BCUT2D eigenvalue weighted by Gasteiger charge is 2.23. The molecule has 0 fully saturated rings. The van der Waals surface area contributed by atoms with Crippen molar-refractivity contribution < 1.29 is 4.79 Å². The van der Waals surface area contributed by atoms with Gasteiger partial charge in [-0.1, -0.05) is 20.8 Å². The average Bonchev–Trinajstić information content (AvgIpc) is 2.05. The molecule has 0 radical (unpaired) electrons. The number of hydrogen-bond acceptors (Lipinski definition) is 1. The van der Waals surface area contributed by atoms with Crippen LogP contribution in [0.1, 0.15) is 46.5 Å². The smallest absolute Gasteiger partial charge is 0.138 e. The molecule has 0 atom stereocenters.